The number of amides is 1. The Hall–Kier alpha value is -2.24. The molecule has 0 spiro atoms. The second-order valence-corrected chi connectivity index (χ2v) is 2.88. The number of benzene rings is 1. The Kier molecular flexibility index (Phi) is 3.12. The highest BCUT2D eigenvalue weighted by Gasteiger charge is 2.12. The van der Waals surface area contributed by atoms with Crippen LogP contribution in [0.3, 0.4) is 0 Å². The first-order valence-corrected chi connectivity index (χ1v) is 4.02. The third-order valence-electron chi connectivity index (χ3n) is 1.79. The summed E-state index contributed by atoms with van der Waals surface area (Å²) in [6.07, 6.45) is -0.231. The first kappa shape index (κ1) is 10.8. The fourth-order valence-corrected chi connectivity index (χ4v) is 1.18. The van der Waals surface area contributed by atoms with Crippen LogP contribution in [-0.2, 0) is 11.2 Å². The van der Waals surface area contributed by atoms with Gasteiger partial charge in [0.05, 0.1) is 12.0 Å². The molecule has 0 saturated heterocycles. The number of nitroso groups, excluding NO2 is 1. The number of carboxylic acids is 1. The number of carbonyl (C=O) groups is 2. The average molecular weight is 208 g/mol. The number of nitrogens with two attached hydrogens (primary N) is 1. The highest BCUT2D eigenvalue weighted by molar-refractivity contribution is 5.92. The van der Waals surface area contributed by atoms with Gasteiger partial charge in [-0.3, -0.25) is 4.79 Å². The van der Waals surface area contributed by atoms with Gasteiger partial charge in [0.2, 0.25) is 5.91 Å². The van der Waals surface area contributed by atoms with Gasteiger partial charge in [-0.25, -0.2) is 4.79 Å². The maximum absolute atomic E-state index is 10.7. The van der Waals surface area contributed by atoms with Gasteiger partial charge in [0.25, 0.3) is 0 Å². The van der Waals surface area contributed by atoms with Crippen molar-refractivity contribution in [3.63, 3.8) is 0 Å². The quantitative estimate of drug-likeness (QED) is 0.713. The van der Waals surface area contributed by atoms with E-state index in [0.717, 1.165) is 0 Å². The second kappa shape index (κ2) is 4.32. The molecule has 15 heavy (non-hydrogen) atoms. The van der Waals surface area contributed by atoms with E-state index in [2.05, 4.69) is 5.18 Å². The van der Waals surface area contributed by atoms with Gasteiger partial charge < -0.3 is 10.8 Å². The maximum Gasteiger partial charge on any atom is 0.335 e. The zero-order valence-corrected chi connectivity index (χ0v) is 7.64. The van der Waals surface area contributed by atoms with Crippen molar-refractivity contribution < 1.29 is 14.7 Å². The summed E-state index contributed by atoms with van der Waals surface area (Å²) < 4.78 is 0. The fourth-order valence-electron chi connectivity index (χ4n) is 1.18. The molecular weight excluding hydrogens is 200 g/mol. The van der Waals surface area contributed by atoms with E-state index in [0.29, 0.717) is 0 Å². The molecule has 0 aliphatic carbocycles. The number of carbonyl (C=O) groups excluding carboxylic acids is 1. The number of aromatic carboxylic acids is 1. The molecule has 0 aliphatic rings. The first-order valence-electron chi connectivity index (χ1n) is 4.02. The lowest BCUT2D eigenvalue weighted by molar-refractivity contribution is -0.117. The molecule has 0 saturated carbocycles. The SMILES string of the molecule is NC(=O)Cc1cc(N=O)ccc1C(=O)O. The highest BCUT2D eigenvalue weighted by Crippen LogP contribution is 2.18. The first-order chi connectivity index (χ1) is 7.04. The topological polar surface area (TPSA) is 110 Å². The van der Waals surface area contributed by atoms with Crippen LogP contribution < -0.4 is 5.73 Å². The van der Waals surface area contributed by atoms with Crippen LogP contribution >= 0.6 is 0 Å². The molecule has 1 aromatic carbocycles. The van der Waals surface area contributed by atoms with Crippen molar-refractivity contribution in [2.24, 2.45) is 10.9 Å². The molecule has 0 bridgehead atoms. The van der Waals surface area contributed by atoms with Gasteiger partial charge in [0.1, 0.15) is 5.69 Å². The Labute approximate surface area is 84.7 Å². The number of primary amides is 1. The van der Waals surface area contributed by atoms with Crippen LogP contribution in [0.5, 0.6) is 0 Å². The second-order valence-electron chi connectivity index (χ2n) is 2.88. The van der Waals surface area contributed by atoms with Gasteiger partial charge in [-0.05, 0) is 28.9 Å². The average Bonchev–Trinajstić information content (AvgIpc) is 2.16. The summed E-state index contributed by atoms with van der Waals surface area (Å²) in [6.45, 7) is 0. The predicted octanol–water partition coefficient (Wildman–Crippen LogP) is 0.810. The molecule has 0 aromatic heterocycles. The van der Waals surface area contributed by atoms with E-state index in [1.807, 2.05) is 0 Å². The number of hydrogen-bond acceptors (Lipinski definition) is 4. The van der Waals surface area contributed by atoms with Gasteiger partial charge in [-0.1, -0.05) is 0 Å². The molecule has 78 valence electrons. The van der Waals surface area contributed by atoms with E-state index in [9.17, 15) is 14.5 Å². The minimum Gasteiger partial charge on any atom is -0.478 e. The molecule has 0 fully saturated rings. The number of nitrogens with zero attached hydrogens (tertiary/aromatic N) is 1. The molecule has 0 atom stereocenters. The molecule has 1 rings (SSSR count). The summed E-state index contributed by atoms with van der Waals surface area (Å²) in [5.41, 5.74) is 5.14. The van der Waals surface area contributed by atoms with Crippen molar-refractivity contribution >= 4 is 17.6 Å². The molecular formula is C9H8N2O4. The molecule has 3 N–H and O–H groups in total. The molecule has 1 aromatic rings. The minimum absolute atomic E-state index is 0.0544. The van der Waals surface area contributed by atoms with Gasteiger partial charge in [-0.2, -0.15) is 0 Å². The monoisotopic (exact) mass is 208 g/mol. The third kappa shape index (κ3) is 2.60. The van der Waals surface area contributed by atoms with Crippen LogP contribution in [0.2, 0.25) is 0 Å². The van der Waals surface area contributed by atoms with E-state index < -0.39 is 11.9 Å². The largest absolute Gasteiger partial charge is 0.478 e. The van der Waals surface area contributed by atoms with Crippen LogP contribution in [0.15, 0.2) is 23.4 Å². The zero-order valence-electron chi connectivity index (χ0n) is 7.64. The summed E-state index contributed by atoms with van der Waals surface area (Å²) in [6, 6.07) is 3.72. The van der Waals surface area contributed by atoms with Crippen molar-refractivity contribution in [2.75, 3.05) is 0 Å². The lowest BCUT2D eigenvalue weighted by atomic mass is 10.0. The smallest absolute Gasteiger partial charge is 0.335 e. The lowest BCUT2D eigenvalue weighted by Gasteiger charge is -2.03. The lowest BCUT2D eigenvalue weighted by Crippen LogP contribution is -2.16. The van der Waals surface area contributed by atoms with Crippen LogP contribution in [-0.4, -0.2) is 17.0 Å². The van der Waals surface area contributed by atoms with Crippen LogP contribution in [0.4, 0.5) is 5.69 Å². The van der Waals surface area contributed by atoms with Gasteiger partial charge in [0.15, 0.2) is 0 Å². The highest BCUT2D eigenvalue weighted by atomic mass is 16.4. The standard InChI is InChI=1S/C9H8N2O4/c10-8(12)4-5-3-6(11-15)1-2-7(5)9(13)14/h1-3H,4H2,(H2,10,12)(H,13,14). The summed E-state index contributed by atoms with van der Waals surface area (Å²) in [7, 11) is 0. The van der Waals surface area contributed by atoms with Gasteiger partial charge in [0, 0.05) is 0 Å². The Bertz CT molecular complexity index is 428. The van der Waals surface area contributed by atoms with Crippen molar-refractivity contribution in [3.8, 4) is 0 Å². The Morgan fingerprint density at radius 3 is 2.53 bits per heavy atom. The molecule has 6 heteroatoms. The van der Waals surface area contributed by atoms with Crippen LogP contribution in [0.25, 0.3) is 0 Å². The molecule has 0 radical (unpaired) electrons. The number of hydrogen-bond donors (Lipinski definition) is 2. The maximum atomic E-state index is 10.7. The Morgan fingerprint density at radius 1 is 1.40 bits per heavy atom. The van der Waals surface area contributed by atoms with E-state index >= 15 is 0 Å². The van der Waals surface area contributed by atoms with E-state index in [4.69, 9.17) is 10.8 Å². The number of carboxylic acid groups (broad SMARTS) is 1. The van der Waals surface area contributed by atoms with E-state index in [-0.39, 0.29) is 23.2 Å². The summed E-state index contributed by atoms with van der Waals surface area (Å²) in [5, 5.41) is 11.4. The molecule has 0 heterocycles. The molecule has 0 unspecified atom stereocenters. The van der Waals surface area contributed by atoms with Crippen molar-refractivity contribution in [1.82, 2.24) is 0 Å². The normalized spacial score (nSPS) is 9.60. The van der Waals surface area contributed by atoms with Crippen molar-refractivity contribution in [3.05, 3.63) is 34.2 Å². The Balaban J connectivity index is 3.21. The van der Waals surface area contributed by atoms with Gasteiger partial charge in [-0.15, -0.1) is 4.91 Å². The van der Waals surface area contributed by atoms with Gasteiger partial charge >= 0.3 is 5.97 Å². The van der Waals surface area contributed by atoms with Crippen molar-refractivity contribution in [1.29, 1.82) is 0 Å². The molecule has 6 nitrogen and oxygen atoms in total. The van der Waals surface area contributed by atoms with E-state index in [1.54, 1.807) is 0 Å². The molecule has 1 amide bonds. The van der Waals surface area contributed by atoms with Crippen LogP contribution in [0.1, 0.15) is 15.9 Å². The third-order valence-corrected chi connectivity index (χ3v) is 1.79. The van der Waals surface area contributed by atoms with Crippen molar-refractivity contribution in [2.45, 2.75) is 6.42 Å². The summed E-state index contributed by atoms with van der Waals surface area (Å²) in [4.78, 5) is 31.6. The predicted molar refractivity (Wildman–Crippen MR) is 51.8 cm³/mol. The van der Waals surface area contributed by atoms with E-state index in [1.165, 1.54) is 18.2 Å². The van der Waals surface area contributed by atoms with Crippen LogP contribution in [0, 0.1) is 4.91 Å². The Morgan fingerprint density at radius 2 is 2.07 bits per heavy atom. The minimum atomic E-state index is -1.18. The fraction of sp³-hybridized carbons (Fsp3) is 0.111. The summed E-state index contributed by atoms with van der Waals surface area (Å²) in [5.74, 6) is -1.84. The zero-order chi connectivity index (χ0) is 11.4. The molecule has 0 aliphatic heterocycles. The number of rotatable bonds is 4. The summed E-state index contributed by atoms with van der Waals surface area (Å²) >= 11 is 0.